The summed E-state index contributed by atoms with van der Waals surface area (Å²) >= 11 is 0. The highest BCUT2D eigenvalue weighted by molar-refractivity contribution is 6.55. The van der Waals surface area contributed by atoms with Crippen LogP contribution in [0, 0.1) is 0 Å². The second-order valence-electron chi connectivity index (χ2n) is 16.4. The fraction of sp³-hybridized carbons (Fsp3) is 0.167. The Labute approximate surface area is 279 Å². The van der Waals surface area contributed by atoms with Gasteiger partial charge >= 0.3 is 0 Å². The van der Waals surface area contributed by atoms with E-state index in [9.17, 15) is 0 Å². The molecule has 0 saturated carbocycles. The zero-order chi connectivity index (χ0) is 32.4. The fourth-order valence-corrected chi connectivity index (χ4v) is 9.50. The molecule has 11 rings (SSSR count). The van der Waals surface area contributed by atoms with Crippen LogP contribution in [0.3, 0.4) is 0 Å². The van der Waals surface area contributed by atoms with Crippen LogP contribution in [0.5, 0.6) is 0 Å². The third kappa shape index (κ3) is 3.08. The van der Waals surface area contributed by atoms with Gasteiger partial charge in [0.2, 0.25) is 0 Å². The molecule has 0 nitrogen and oxygen atoms in total. The normalized spacial score (nSPS) is 13.6. The molecule has 0 aromatic heterocycles. The predicted octanol–water partition coefficient (Wildman–Crippen LogP) is 14.1. The summed E-state index contributed by atoms with van der Waals surface area (Å²) in [5, 5.41) is 27.7. The maximum absolute atomic E-state index is 2.50. The molecule has 0 saturated heterocycles. The van der Waals surface area contributed by atoms with Gasteiger partial charge in [-0.2, -0.15) is 0 Å². The van der Waals surface area contributed by atoms with Crippen LogP contribution in [-0.4, -0.2) is 0 Å². The Balaban J connectivity index is 1.58. The molecule has 0 radical (unpaired) electrons. The first-order valence-electron chi connectivity index (χ1n) is 17.5. The van der Waals surface area contributed by atoms with Crippen LogP contribution in [0.1, 0.15) is 52.7 Å². The molecule has 0 spiro atoms. The number of hydrogen-bond donors (Lipinski definition) is 0. The lowest BCUT2D eigenvalue weighted by atomic mass is 9.75. The van der Waals surface area contributed by atoms with Gasteiger partial charge in [0.05, 0.1) is 0 Å². The van der Waals surface area contributed by atoms with Crippen LogP contribution >= 0.6 is 0 Å². The molecule has 48 heavy (non-hydrogen) atoms. The summed E-state index contributed by atoms with van der Waals surface area (Å²) in [5.41, 5.74) is 2.87. The summed E-state index contributed by atoms with van der Waals surface area (Å²) in [6, 6.07) is 42.6. The number of benzene rings is 11. The first kappa shape index (κ1) is 26.8. The lowest BCUT2D eigenvalue weighted by molar-refractivity contribution is 0.591. The number of fused-ring (bicyclic) bond motifs is 12. The lowest BCUT2D eigenvalue weighted by Gasteiger charge is -2.27. The molecule has 0 aliphatic carbocycles. The third-order valence-electron chi connectivity index (χ3n) is 11.8. The summed E-state index contributed by atoms with van der Waals surface area (Å²) < 4.78 is 0. The molecule has 0 N–H and O–H groups in total. The van der Waals surface area contributed by atoms with Crippen molar-refractivity contribution in [2.75, 3.05) is 0 Å². The largest absolute Gasteiger partial charge is 0.0616 e. The second kappa shape index (κ2) is 8.44. The van der Waals surface area contributed by atoms with Gasteiger partial charge in [0, 0.05) is 0 Å². The molecule has 0 unspecified atom stereocenters. The summed E-state index contributed by atoms with van der Waals surface area (Å²) in [6.07, 6.45) is 0. The molecule has 0 heterocycles. The van der Waals surface area contributed by atoms with E-state index in [0.717, 1.165) is 0 Å². The van der Waals surface area contributed by atoms with Gasteiger partial charge in [-0.25, -0.2) is 0 Å². The molecule has 0 aliphatic heterocycles. The third-order valence-corrected chi connectivity index (χ3v) is 11.8. The molecule has 0 amide bonds. The monoisotopic (exact) mass is 612 g/mol. The second-order valence-corrected chi connectivity index (χ2v) is 16.4. The maximum Gasteiger partial charge on any atom is -0.0000929 e. The van der Waals surface area contributed by atoms with Crippen molar-refractivity contribution in [2.24, 2.45) is 0 Å². The van der Waals surface area contributed by atoms with Crippen molar-refractivity contribution in [3.8, 4) is 0 Å². The lowest BCUT2D eigenvalue weighted by Crippen LogP contribution is -2.11. The van der Waals surface area contributed by atoms with Gasteiger partial charge in [0.1, 0.15) is 0 Å². The summed E-state index contributed by atoms with van der Waals surface area (Å²) in [4.78, 5) is 0. The molecule has 11 aromatic rings. The van der Waals surface area contributed by atoms with E-state index in [2.05, 4.69) is 151 Å². The van der Waals surface area contributed by atoms with Crippen molar-refractivity contribution in [3.63, 3.8) is 0 Å². The van der Waals surface area contributed by atoms with Crippen molar-refractivity contribution in [1.82, 2.24) is 0 Å². The highest BCUT2D eigenvalue weighted by atomic mass is 14.3. The van der Waals surface area contributed by atoms with Crippen LogP contribution in [0.25, 0.3) is 108 Å². The van der Waals surface area contributed by atoms with E-state index < -0.39 is 0 Å². The summed E-state index contributed by atoms with van der Waals surface area (Å²) in [5.74, 6) is 0. The minimum atomic E-state index is 0.0532. The molecule has 228 valence electrons. The highest BCUT2D eigenvalue weighted by Gasteiger charge is 2.28. The first-order chi connectivity index (χ1) is 23.1. The Morgan fingerprint density at radius 1 is 0.250 bits per heavy atom. The molecule has 0 heteroatoms. The van der Waals surface area contributed by atoms with Crippen LogP contribution in [0.2, 0.25) is 0 Å². The van der Waals surface area contributed by atoms with E-state index >= 15 is 0 Å². The standard InChI is InChI=1S/C48H36/c1-47(2,3)25-15-17-33-37(23-25)35-21-19-31-27-11-7-9-13-29(27)39-30-14-10-8-12-28(30)32-20-22-36-38-24-26(48(4,5)6)16-18-34(38)40(33)46-43(35)41(31)45(39)42(32)44(36)46/h7-24H,1-6H3. The van der Waals surface area contributed by atoms with E-state index in [1.165, 1.54) is 119 Å². The van der Waals surface area contributed by atoms with Crippen LogP contribution in [0.15, 0.2) is 109 Å². The average Bonchev–Trinajstić information content (AvgIpc) is 3.09. The quantitative estimate of drug-likeness (QED) is 0.118. The zero-order valence-electron chi connectivity index (χ0n) is 28.4. The van der Waals surface area contributed by atoms with E-state index in [1.54, 1.807) is 0 Å². The highest BCUT2D eigenvalue weighted by Crippen LogP contribution is 2.56. The van der Waals surface area contributed by atoms with E-state index in [4.69, 9.17) is 0 Å². The zero-order valence-corrected chi connectivity index (χ0v) is 28.4. The van der Waals surface area contributed by atoms with Gasteiger partial charge < -0.3 is 0 Å². The van der Waals surface area contributed by atoms with Crippen molar-refractivity contribution in [2.45, 2.75) is 52.4 Å². The Morgan fingerprint density at radius 2 is 0.521 bits per heavy atom. The van der Waals surface area contributed by atoms with E-state index in [0.29, 0.717) is 0 Å². The van der Waals surface area contributed by atoms with Gasteiger partial charge in [-0.05, 0) is 142 Å². The molecule has 0 fully saturated rings. The minimum absolute atomic E-state index is 0.0532. The SMILES string of the molecule is CC(C)(C)c1ccc2c(c1)c1ccc3c4ccccc4c4c5ccccc5c5ccc6c7cc(C(C)(C)C)ccc7c2c2c1c3c4c5c62. The maximum atomic E-state index is 2.50. The Morgan fingerprint density at radius 3 is 0.875 bits per heavy atom. The Kier molecular flexibility index (Phi) is 4.72. The Hall–Kier alpha value is -5.20. The van der Waals surface area contributed by atoms with Crippen molar-refractivity contribution in [1.29, 1.82) is 0 Å². The molecule has 0 bridgehead atoms. The Bertz CT molecular complexity index is 2950. The van der Waals surface area contributed by atoms with Gasteiger partial charge in [0.15, 0.2) is 0 Å². The summed E-state index contributed by atoms with van der Waals surface area (Å²) in [7, 11) is 0. The van der Waals surface area contributed by atoms with Gasteiger partial charge in [-0.1, -0.05) is 139 Å². The van der Waals surface area contributed by atoms with Crippen LogP contribution in [0.4, 0.5) is 0 Å². The van der Waals surface area contributed by atoms with Crippen LogP contribution in [-0.2, 0) is 10.8 Å². The first-order valence-corrected chi connectivity index (χ1v) is 17.5. The predicted molar refractivity (Wildman–Crippen MR) is 212 cm³/mol. The number of rotatable bonds is 0. The van der Waals surface area contributed by atoms with Crippen molar-refractivity contribution >= 4 is 108 Å². The molecule has 11 aromatic carbocycles. The average molecular weight is 613 g/mol. The summed E-state index contributed by atoms with van der Waals surface area (Å²) in [6.45, 7) is 14.0. The van der Waals surface area contributed by atoms with Gasteiger partial charge in [-0.15, -0.1) is 0 Å². The minimum Gasteiger partial charge on any atom is -0.0616 e. The van der Waals surface area contributed by atoms with Crippen molar-refractivity contribution in [3.05, 3.63) is 120 Å². The molecule has 0 aliphatic rings. The molecular formula is C48H36. The van der Waals surface area contributed by atoms with Gasteiger partial charge in [-0.3, -0.25) is 0 Å². The van der Waals surface area contributed by atoms with Crippen molar-refractivity contribution < 1.29 is 0 Å². The topological polar surface area (TPSA) is 0 Å². The number of hydrogen-bond acceptors (Lipinski definition) is 0. The van der Waals surface area contributed by atoms with Gasteiger partial charge in [0.25, 0.3) is 0 Å². The van der Waals surface area contributed by atoms with E-state index in [1.807, 2.05) is 0 Å². The smallest absolute Gasteiger partial charge is 0.0000929 e. The molecular weight excluding hydrogens is 577 g/mol. The van der Waals surface area contributed by atoms with E-state index in [-0.39, 0.29) is 10.8 Å². The molecule has 0 atom stereocenters. The fourth-order valence-electron chi connectivity index (χ4n) is 9.50. The van der Waals surface area contributed by atoms with Crippen LogP contribution < -0.4 is 0 Å².